The summed E-state index contributed by atoms with van der Waals surface area (Å²) in [6.07, 6.45) is 0.352. The lowest BCUT2D eigenvalue weighted by Crippen LogP contribution is -2.43. The molecule has 0 aliphatic carbocycles. The summed E-state index contributed by atoms with van der Waals surface area (Å²) in [6.45, 7) is 12.6. The summed E-state index contributed by atoms with van der Waals surface area (Å²) in [4.78, 5) is 32.4. The van der Waals surface area contributed by atoms with Crippen LogP contribution in [0.1, 0.15) is 70.1 Å². The number of carbonyl (C=O) groups excluding carboxylic acids is 2. The molecule has 0 saturated carbocycles. The van der Waals surface area contributed by atoms with Crippen LogP contribution in [0.3, 0.4) is 0 Å². The first kappa shape index (κ1) is 29.0. The smallest absolute Gasteiger partial charge is 0.415 e. The van der Waals surface area contributed by atoms with Gasteiger partial charge in [-0.3, -0.25) is 4.90 Å². The molecule has 1 aromatic carbocycles. The Kier molecular flexibility index (Phi) is 8.97. The Labute approximate surface area is 225 Å². The van der Waals surface area contributed by atoms with Gasteiger partial charge in [-0.1, -0.05) is 12.1 Å². The van der Waals surface area contributed by atoms with E-state index in [1.54, 1.807) is 66.8 Å². The van der Waals surface area contributed by atoms with Crippen LogP contribution in [0.15, 0.2) is 34.9 Å². The highest BCUT2D eigenvalue weighted by Crippen LogP contribution is 2.36. The molecule has 0 radical (unpaired) electrons. The van der Waals surface area contributed by atoms with Crippen molar-refractivity contribution in [2.24, 2.45) is 0 Å². The van der Waals surface area contributed by atoms with E-state index in [1.165, 1.54) is 17.0 Å². The standard InChI is InChI=1S/C27H34BrFN2O6/c1-16(2)35-24(32)22-23(21(28)18(13-30-22)12-17-8-10-19(29)11-9-17)31(25(33)37-26(3,4)5)14-20-15-34-27(6,7)36-20/h8-11,13,16,20H,12,14-15H2,1-7H3. The summed E-state index contributed by atoms with van der Waals surface area (Å²) in [5.74, 6) is -1.84. The van der Waals surface area contributed by atoms with Crippen LogP contribution in [0, 0.1) is 5.82 Å². The summed E-state index contributed by atoms with van der Waals surface area (Å²) in [7, 11) is 0. The van der Waals surface area contributed by atoms with Gasteiger partial charge in [-0.15, -0.1) is 0 Å². The van der Waals surface area contributed by atoms with Crippen molar-refractivity contribution in [3.63, 3.8) is 0 Å². The van der Waals surface area contributed by atoms with Gasteiger partial charge in [0, 0.05) is 17.1 Å². The third-order valence-corrected chi connectivity index (χ3v) is 6.13. The van der Waals surface area contributed by atoms with Crippen molar-refractivity contribution in [2.75, 3.05) is 18.1 Å². The van der Waals surface area contributed by atoms with Crippen molar-refractivity contribution in [1.82, 2.24) is 4.98 Å². The minimum Gasteiger partial charge on any atom is -0.458 e. The third-order valence-electron chi connectivity index (χ3n) is 5.24. The van der Waals surface area contributed by atoms with Crippen molar-refractivity contribution in [3.8, 4) is 0 Å². The zero-order valence-corrected chi connectivity index (χ0v) is 23.8. The van der Waals surface area contributed by atoms with E-state index in [2.05, 4.69) is 20.9 Å². The molecule has 0 spiro atoms. The van der Waals surface area contributed by atoms with Gasteiger partial charge in [0.1, 0.15) is 17.5 Å². The van der Waals surface area contributed by atoms with Gasteiger partial charge >= 0.3 is 12.1 Å². The van der Waals surface area contributed by atoms with Gasteiger partial charge in [0.2, 0.25) is 0 Å². The first-order valence-electron chi connectivity index (χ1n) is 12.1. The van der Waals surface area contributed by atoms with Crippen molar-refractivity contribution >= 4 is 33.7 Å². The largest absolute Gasteiger partial charge is 0.458 e. The molecule has 10 heteroatoms. The molecule has 2 heterocycles. The summed E-state index contributed by atoms with van der Waals surface area (Å²) < 4.78 is 36.7. The van der Waals surface area contributed by atoms with E-state index in [9.17, 15) is 14.0 Å². The second kappa shape index (κ2) is 11.4. The molecule has 1 fully saturated rings. The number of halogens is 2. The molecule has 0 bridgehead atoms. The van der Waals surface area contributed by atoms with Crippen molar-refractivity contribution in [2.45, 2.75) is 78.5 Å². The zero-order chi connectivity index (χ0) is 27.5. The number of nitrogens with zero attached hydrogens (tertiary/aromatic N) is 2. The molecule has 2 aromatic rings. The van der Waals surface area contributed by atoms with Crippen molar-refractivity contribution in [1.29, 1.82) is 0 Å². The number of pyridine rings is 1. The highest BCUT2D eigenvalue weighted by molar-refractivity contribution is 9.10. The van der Waals surface area contributed by atoms with Crippen LogP contribution in [0.5, 0.6) is 0 Å². The summed E-state index contributed by atoms with van der Waals surface area (Å²) in [5, 5.41) is 0. The SMILES string of the molecule is CC(C)OC(=O)c1ncc(Cc2ccc(F)cc2)c(Br)c1N(CC1COC(C)(C)O1)C(=O)OC(C)(C)C. The molecular formula is C27H34BrFN2O6. The van der Waals surface area contributed by atoms with Gasteiger partial charge in [0.25, 0.3) is 0 Å². The number of carbonyl (C=O) groups is 2. The van der Waals surface area contributed by atoms with Crippen LogP contribution in [0.2, 0.25) is 0 Å². The minimum atomic E-state index is -0.816. The topological polar surface area (TPSA) is 87.2 Å². The number of amides is 1. The average Bonchev–Trinajstić information content (AvgIpc) is 3.11. The summed E-state index contributed by atoms with van der Waals surface area (Å²) >= 11 is 3.62. The lowest BCUT2D eigenvalue weighted by Gasteiger charge is -2.31. The third kappa shape index (κ3) is 7.96. The number of aromatic nitrogens is 1. The minimum absolute atomic E-state index is 0.0422. The van der Waals surface area contributed by atoms with Crippen LogP contribution in [0.25, 0.3) is 0 Å². The van der Waals surface area contributed by atoms with E-state index in [-0.39, 0.29) is 30.4 Å². The molecule has 0 N–H and O–H groups in total. The average molecular weight is 581 g/mol. The maximum absolute atomic E-state index is 13.5. The van der Waals surface area contributed by atoms with Crippen LogP contribution < -0.4 is 4.90 Å². The second-order valence-corrected chi connectivity index (χ2v) is 11.4. The Balaban J connectivity index is 2.11. The fourth-order valence-electron chi connectivity index (χ4n) is 3.76. The van der Waals surface area contributed by atoms with Gasteiger partial charge in [0.15, 0.2) is 11.5 Å². The lowest BCUT2D eigenvalue weighted by atomic mass is 10.0. The van der Waals surface area contributed by atoms with E-state index in [0.29, 0.717) is 16.5 Å². The molecule has 1 amide bonds. The Hall–Kier alpha value is -2.56. The molecule has 1 aromatic heterocycles. The summed E-state index contributed by atoms with van der Waals surface area (Å²) in [5.41, 5.74) is 0.859. The second-order valence-electron chi connectivity index (χ2n) is 10.6. The monoisotopic (exact) mass is 580 g/mol. The van der Waals surface area contributed by atoms with E-state index in [4.69, 9.17) is 18.9 Å². The molecule has 202 valence electrons. The number of anilines is 1. The number of hydrogen-bond acceptors (Lipinski definition) is 7. The first-order chi connectivity index (χ1) is 17.1. The van der Waals surface area contributed by atoms with Crippen LogP contribution in [-0.4, -0.2) is 53.8 Å². The summed E-state index contributed by atoms with van der Waals surface area (Å²) in [6, 6.07) is 6.08. The Bertz CT molecular complexity index is 1130. The number of esters is 1. The lowest BCUT2D eigenvalue weighted by molar-refractivity contribution is -0.137. The van der Waals surface area contributed by atoms with Gasteiger partial charge < -0.3 is 18.9 Å². The normalized spacial score (nSPS) is 17.1. The number of ether oxygens (including phenoxy) is 4. The molecule has 8 nitrogen and oxygen atoms in total. The predicted molar refractivity (Wildman–Crippen MR) is 140 cm³/mol. The molecule has 1 unspecified atom stereocenters. The van der Waals surface area contributed by atoms with Gasteiger partial charge in [0.05, 0.1) is 24.9 Å². The quantitative estimate of drug-likeness (QED) is 0.369. The van der Waals surface area contributed by atoms with Crippen LogP contribution >= 0.6 is 15.9 Å². The molecule has 1 aliphatic rings. The highest BCUT2D eigenvalue weighted by Gasteiger charge is 2.38. The van der Waals surface area contributed by atoms with Crippen molar-refractivity contribution < 1.29 is 32.9 Å². The molecule has 3 rings (SSSR count). The van der Waals surface area contributed by atoms with E-state index in [1.807, 2.05) is 0 Å². The molecule has 1 saturated heterocycles. The highest BCUT2D eigenvalue weighted by atomic mass is 79.9. The van der Waals surface area contributed by atoms with E-state index in [0.717, 1.165) is 5.56 Å². The first-order valence-corrected chi connectivity index (χ1v) is 12.9. The van der Waals surface area contributed by atoms with Gasteiger partial charge in [-0.05, 0) is 87.7 Å². The Morgan fingerprint density at radius 1 is 1.24 bits per heavy atom. The Morgan fingerprint density at radius 2 is 1.89 bits per heavy atom. The van der Waals surface area contributed by atoms with Crippen LogP contribution in [0.4, 0.5) is 14.9 Å². The Morgan fingerprint density at radius 3 is 2.43 bits per heavy atom. The predicted octanol–water partition coefficient (Wildman–Crippen LogP) is 6.03. The number of hydrogen-bond donors (Lipinski definition) is 0. The number of benzene rings is 1. The van der Waals surface area contributed by atoms with Crippen molar-refractivity contribution in [3.05, 3.63) is 57.6 Å². The fraction of sp³-hybridized carbons (Fsp3) is 0.519. The molecule has 1 aliphatic heterocycles. The molecule has 37 heavy (non-hydrogen) atoms. The molecule has 1 atom stereocenters. The zero-order valence-electron chi connectivity index (χ0n) is 22.3. The number of rotatable bonds is 7. The van der Waals surface area contributed by atoms with Gasteiger partial charge in [-0.25, -0.2) is 19.0 Å². The fourth-order valence-corrected chi connectivity index (χ4v) is 4.40. The van der Waals surface area contributed by atoms with Crippen LogP contribution in [-0.2, 0) is 25.4 Å². The maximum Gasteiger partial charge on any atom is 0.415 e. The van der Waals surface area contributed by atoms with E-state index < -0.39 is 35.7 Å². The maximum atomic E-state index is 13.5. The molecular weight excluding hydrogens is 547 g/mol. The van der Waals surface area contributed by atoms with Gasteiger partial charge in [-0.2, -0.15) is 0 Å². The van der Waals surface area contributed by atoms with E-state index >= 15 is 0 Å².